The van der Waals surface area contributed by atoms with Crippen LogP contribution in [-0.4, -0.2) is 233 Å². The summed E-state index contributed by atoms with van der Waals surface area (Å²) in [5.41, 5.74) is 32.9. The van der Waals surface area contributed by atoms with E-state index >= 15 is 0 Å². The molecule has 6 aliphatic rings. The van der Waals surface area contributed by atoms with Gasteiger partial charge in [0.25, 0.3) is 11.5 Å². The molecular formula is C45H64F4N18O14. The van der Waals surface area contributed by atoms with Gasteiger partial charge in [-0.2, -0.15) is 4.98 Å². The summed E-state index contributed by atoms with van der Waals surface area (Å²) in [5.74, 6) is -0.00549. The molecule has 10 rings (SSSR count). The van der Waals surface area contributed by atoms with E-state index in [1.807, 2.05) is 0 Å². The molecule has 24 N–H and O–H groups in total. The lowest BCUT2D eigenvalue weighted by Crippen LogP contribution is -2.51. The lowest BCUT2D eigenvalue weighted by atomic mass is 9.97. The Hall–Kier alpha value is -6.85. The van der Waals surface area contributed by atoms with E-state index in [-0.39, 0.29) is 66.7 Å². The van der Waals surface area contributed by atoms with Crippen LogP contribution >= 0.6 is 0 Å². The molecule has 32 nitrogen and oxygen atoms in total. The average molecular weight is 1160 g/mol. The van der Waals surface area contributed by atoms with E-state index in [4.69, 9.17) is 59.1 Å². The van der Waals surface area contributed by atoms with Crippen molar-refractivity contribution in [1.29, 1.82) is 0 Å². The summed E-state index contributed by atoms with van der Waals surface area (Å²) >= 11 is 0. The molecule has 81 heavy (non-hydrogen) atoms. The fourth-order valence-electron chi connectivity index (χ4n) is 9.29. The van der Waals surface area contributed by atoms with Gasteiger partial charge in [-0.15, -0.1) is 0 Å². The van der Waals surface area contributed by atoms with Gasteiger partial charge in [0.1, 0.15) is 69.8 Å². The number of carbonyl (C=O) groups excluding carboxylic acids is 1. The smallest absolute Gasteiger partial charge is 0.280 e. The van der Waals surface area contributed by atoms with Crippen LogP contribution < -0.4 is 51.0 Å². The lowest BCUT2D eigenvalue weighted by molar-refractivity contribution is -0.132. The second kappa shape index (κ2) is 24.3. The zero-order valence-corrected chi connectivity index (χ0v) is 42.7. The molecule has 1 amide bonds. The van der Waals surface area contributed by atoms with Gasteiger partial charge >= 0.3 is 0 Å². The Kier molecular flexibility index (Phi) is 18.5. The Bertz CT molecular complexity index is 3060. The van der Waals surface area contributed by atoms with Gasteiger partial charge in [0.15, 0.2) is 66.4 Å². The normalized spacial score (nSPS) is 35.4. The van der Waals surface area contributed by atoms with Crippen LogP contribution in [0.1, 0.15) is 12.5 Å². The molecule has 10 heterocycles. The predicted molar refractivity (Wildman–Crippen MR) is 274 cm³/mol. The quantitative estimate of drug-likeness (QED) is 0.0586. The first-order valence-electron chi connectivity index (χ1n) is 24.4. The summed E-state index contributed by atoms with van der Waals surface area (Å²) < 4.78 is 81.3. The molecule has 4 aromatic rings. The monoisotopic (exact) mass is 1160 g/mol. The Balaban J connectivity index is 0.000000156. The molecule has 0 unspecified atom stereocenters. The Labute approximate surface area is 455 Å². The number of amides is 1. The minimum absolute atomic E-state index is 0.00635. The van der Waals surface area contributed by atoms with Crippen LogP contribution in [-0.2, 0) is 23.7 Å². The molecule has 0 aliphatic carbocycles. The number of pyridine rings is 1. The molecule has 4 saturated heterocycles. The molecule has 0 radical (unpaired) electrons. The van der Waals surface area contributed by atoms with E-state index in [0.717, 1.165) is 10.9 Å². The number of ether oxygens (including phenoxy) is 4. The number of anilines is 2. The first-order valence-corrected chi connectivity index (χ1v) is 24.4. The van der Waals surface area contributed by atoms with Crippen molar-refractivity contribution < 1.29 is 82.2 Å². The Morgan fingerprint density at radius 1 is 0.605 bits per heavy atom. The van der Waals surface area contributed by atoms with Crippen LogP contribution in [0.3, 0.4) is 0 Å². The molecule has 446 valence electrons. The maximum atomic E-state index is 14.4. The number of fused-ring (bicyclic) bond motifs is 2. The third-order valence-corrected chi connectivity index (χ3v) is 14.3. The minimum Gasteiger partial charge on any atom is -0.397 e. The number of aromatic nitrogens is 7. The number of carbonyl (C=O) groups is 1. The predicted octanol–water partition coefficient (Wildman–Crippen LogP) is -6.91. The standard InChI is InChI=1S/C12H16FN5O3.C11H15FN6O4.C11H17FN4O3.C11H16FN3O4/c13-7-9(20)12(3-14,4-19)21-11(7)18-5-17-8-6(15)1-2-16-10(8)18;12-4-6(20)11(1-13,2-19)22-9(4)18-3-15-5-7(18)16-10(14)17-8(5)21;1-6-15-7(14)2-3-16(6)10-8(12)9(18)11(4-13,5-17)19-10;1-6-14-7(17)2-3-15(6)10-8(12)9(18)11(4-13,5-16)19-10/h1-2,5,7,9,11,19-20H,3-4,14H2,(H2,15,16);3-4,6,9,19-20H,1-2,13H2,(H3,14,16,17,21);2-3,8-10,17-18H,1,4-5,13H2,(H2,14,15);2-3,8-10,16,18H,1,4-5,13H2,(H,14,17)/t7-,9+,11-,12-;4-,6+,9-,11-;2*8-,9+,10-,11-/m1111/s1. The number of imidazole rings is 2. The number of aliphatic hydroxyl groups excluding tert-OH is 8. The van der Waals surface area contributed by atoms with Crippen molar-refractivity contribution in [1.82, 2.24) is 49.2 Å². The average Bonchev–Trinajstić information content (AvgIpc) is 3.76. The number of alkyl halides is 4. The molecule has 4 fully saturated rings. The summed E-state index contributed by atoms with van der Waals surface area (Å²) in [6.45, 7) is 3.79. The van der Waals surface area contributed by atoms with E-state index in [2.05, 4.69) is 48.4 Å². The van der Waals surface area contributed by atoms with Crippen LogP contribution in [0.2, 0.25) is 0 Å². The number of aliphatic hydroxyl groups is 8. The number of rotatable bonds is 12. The van der Waals surface area contributed by atoms with Crippen LogP contribution in [0.25, 0.3) is 22.3 Å². The van der Waals surface area contributed by atoms with E-state index in [1.165, 1.54) is 51.4 Å². The summed E-state index contributed by atoms with van der Waals surface area (Å²) in [6, 6.07) is 1.58. The molecule has 16 atom stereocenters. The largest absolute Gasteiger partial charge is 0.397 e. The number of H-pyrrole nitrogens is 1. The highest BCUT2D eigenvalue weighted by Crippen LogP contribution is 2.42. The lowest BCUT2D eigenvalue weighted by Gasteiger charge is -2.33. The summed E-state index contributed by atoms with van der Waals surface area (Å²) in [7, 11) is 0. The first-order chi connectivity index (χ1) is 38.4. The molecule has 0 spiro atoms. The van der Waals surface area contributed by atoms with Crippen molar-refractivity contribution in [3.05, 3.63) is 84.6 Å². The third-order valence-electron chi connectivity index (χ3n) is 14.3. The van der Waals surface area contributed by atoms with Crippen molar-refractivity contribution in [3.8, 4) is 0 Å². The van der Waals surface area contributed by atoms with Crippen molar-refractivity contribution in [2.45, 2.75) is 96.4 Å². The topological polar surface area (TPSA) is 523 Å². The molecule has 0 bridgehead atoms. The molecule has 0 saturated carbocycles. The van der Waals surface area contributed by atoms with Gasteiger partial charge in [0.2, 0.25) is 5.95 Å². The maximum absolute atomic E-state index is 14.4. The maximum Gasteiger partial charge on any atom is 0.280 e. The molecule has 36 heteroatoms. The van der Waals surface area contributed by atoms with E-state index < -0.39 is 128 Å². The number of aliphatic imine (C=N–C) groups is 1. The summed E-state index contributed by atoms with van der Waals surface area (Å²) in [5, 5.41) is 79.4. The van der Waals surface area contributed by atoms with E-state index in [9.17, 15) is 68.0 Å². The van der Waals surface area contributed by atoms with Crippen LogP contribution in [0.4, 0.5) is 29.2 Å². The zero-order chi connectivity index (χ0) is 59.7. The van der Waals surface area contributed by atoms with E-state index in [1.54, 1.807) is 6.07 Å². The Morgan fingerprint density at radius 2 is 1.02 bits per heavy atom. The van der Waals surface area contributed by atoms with Gasteiger partial charge < -0.3 is 115 Å². The van der Waals surface area contributed by atoms with Crippen molar-refractivity contribution in [2.75, 3.05) is 64.1 Å². The number of nitrogens with zero attached hydrogens (tertiary/aromatic N) is 9. The zero-order valence-electron chi connectivity index (χ0n) is 42.7. The minimum atomic E-state index is -1.89. The van der Waals surface area contributed by atoms with Crippen molar-refractivity contribution >= 4 is 45.7 Å². The third kappa shape index (κ3) is 11.0. The van der Waals surface area contributed by atoms with Crippen LogP contribution in [0.15, 0.2) is 84.1 Å². The van der Waals surface area contributed by atoms with Gasteiger partial charge in [0.05, 0.1) is 44.8 Å². The number of aromatic amines is 1. The SMILES string of the molecule is C=C1N=C(N)C=CN1[C@@H]1O[C@](CN)(CO)[C@@H](O)[C@H]1F.C=C1NC(=O)C=CN1[C@@H]1O[C@](CN)(CO)[C@@H](O)[C@H]1F.NC[C@]1(CO)O[C@@H](n2cnc3c(=O)[nH]c(N)nc32)[C@H](F)[C@@H]1O.NC[C@]1(CO)O[C@@H](n2cnc3c(N)ccnc32)[C@H](F)[C@@H]1O. The van der Waals surface area contributed by atoms with Gasteiger partial charge in [-0.25, -0.2) is 37.5 Å². The van der Waals surface area contributed by atoms with Gasteiger partial charge in [-0.05, 0) is 12.1 Å². The number of nitrogens with one attached hydrogen (secondary N) is 2. The number of halogens is 4. The molecule has 6 aliphatic heterocycles. The highest BCUT2D eigenvalue weighted by atomic mass is 19.1. The number of nitrogen functional groups attached to an aromatic ring is 2. The summed E-state index contributed by atoms with van der Waals surface area (Å²) in [4.78, 5) is 47.4. The number of hydrogen-bond acceptors (Lipinski definition) is 28. The molecule has 4 aromatic heterocycles. The Morgan fingerprint density at radius 3 is 1.46 bits per heavy atom. The number of hydrogen-bond donors (Lipinski definition) is 17. The van der Waals surface area contributed by atoms with E-state index in [0.29, 0.717) is 16.9 Å². The van der Waals surface area contributed by atoms with Crippen molar-refractivity contribution in [3.63, 3.8) is 0 Å². The van der Waals surface area contributed by atoms with Crippen LogP contribution in [0, 0.1) is 0 Å². The number of amidine groups is 1. The van der Waals surface area contributed by atoms with Gasteiger partial charge in [-0.1, -0.05) is 13.2 Å². The van der Waals surface area contributed by atoms with Gasteiger partial charge in [-0.3, -0.25) is 23.7 Å². The van der Waals surface area contributed by atoms with Crippen molar-refractivity contribution in [2.24, 2.45) is 33.7 Å². The highest BCUT2D eigenvalue weighted by molar-refractivity contribution is 5.92. The molecular weight excluding hydrogens is 1090 g/mol. The second-order valence-electron chi connectivity index (χ2n) is 19.1. The number of nitrogens with two attached hydrogens (primary N) is 7. The fourth-order valence-corrected chi connectivity index (χ4v) is 9.29. The summed E-state index contributed by atoms with van der Waals surface area (Å²) in [6.07, 6.45) is -9.05. The fraction of sp³-hybridized carbons (Fsp3) is 0.533. The molecule has 0 aromatic carbocycles. The highest BCUT2D eigenvalue weighted by Gasteiger charge is 2.59. The first kappa shape index (κ1) is 61.8. The van der Waals surface area contributed by atoms with Gasteiger partial charge in [0, 0.05) is 50.9 Å². The van der Waals surface area contributed by atoms with Crippen LogP contribution in [0.5, 0.6) is 0 Å². The second-order valence-corrected chi connectivity index (χ2v) is 19.1.